The molecule has 1 N–H and O–H groups in total. The first-order valence-corrected chi connectivity index (χ1v) is 8.44. The number of fused-ring (bicyclic) bond motifs is 1. The minimum atomic E-state index is -0.283. The molecule has 0 radical (unpaired) electrons. The molecule has 5 heteroatoms. The number of hydrogen-bond acceptors (Lipinski definition) is 3. The van der Waals surface area contributed by atoms with Crippen LogP contribution in [-0.2, 0) is 12.8 Å². The highest BCUT2D eigenvalue weighted by molar-refractivity contribution is 7.11. The summed E-state index contributed by atoms with van der Waals surface area (Å²) < 4.78 is 14.3. The Morgan fingerprint density at radius 1 is 1.33 bits per heavy atom. The summed E-state index contributed by atoms with van der Waals surface area (Å²) in [5.74, 6) is -0.281. The van der Waals surface area contributed by atoms with Crippen LogP contribution in [0.15, 0.2) is 18.2 Å². The van der Waals surface area contributed by atoms with Gasteiger partial charge in [-0.05, 0) is 45.2 Å². The van der Waals surface area contributed by atoms with E-state index >= 15 is 0 Å². The van der Waals surface area contributed by atoms with Crippen molar-refractivity contribution >= 4 is 22.9 Å². The van der Waals surface area contributed by atoms with E-state index in [1.807, 2.05) is 13.8 Å². The van der Waals surface area contributed by atoms with Gasteiger partial charge in [0.05, 0.1) is 11.7 Å². The van der Waals surface area contributed by atoms with E-state index < -0.39 is 0 Å². The molecule has 2 aromatic rings. The summed E-state index contributed by atoms with van der Waals surface area (Å²) >= 11 is 7.93. The molecule has 0 amide bonds. The van der Waals surface area contributed by atoms with Crippen LogP contribution in [0.25, 0.3) is 0 Å². The minimum absolute atomic E-state index is 0.212. The van der Waals surface area contributed by atoms with Crippen LogP contribution in [0, 0.1) is 5.82 Å². The van der Waals surface area contributed by atoms with E-state index in [-0.39, 0.29) is 17.9 Å². The van der Waals surface area contributed by atoms with Gasteiger partial charge >= 0.3 is 0 Å². The molecule has 0 bridgehead atoms. The minimum Gasteiger partial charge on any atom is -0.302 e. The second-order valence-electron chi connectivity index (χ2n) is 5.67. The fraction of sp³-hybridized carbons (Fsp3) is 0.438. The van der Waals surface area contributed by atoms with Gasteiger partial charge in [-0.1, -0.05) is 17.7 Å². The molecule has 1 aliphatic rings. The van der Waals surface area contributed by atoms with Crippen molar-refractivity contribution < 1.29 is 4.39 Å². The third-order valence-electron chi connectivity index (χ3n) is 3.65. The second kappa shape index (κ2) is 6.03. The number of nitrogens with one attached hydrogen (secondary N) is 1. The summed E-state index contributed by atoms with van der Waals surface area (Å²) in [4.78, 5) is 6.07. The molecule has 3 rings (SSSR count). The highest BCUT2D eigenvalue weighted by Gasteiger charge is 2.27. The molecular weight excluding hydrogens is 307 g/mol. The van der Waals surface area contributed by atoms with Gasteiger partial charge in [-0.3, -0.25) is 0 Å². The molecule has 112 valence electrons. The number of nitrogens with zero attached hydrogens (tertiary/aromatic N) is 1. The Morgan fingerprint density at radius 3 is 2.81 bits per heavy atom. The van der Waals surface area contributed by atoms with Gasteiger partial charge in [-0.15, -0.1) is 11.3 Å². The largest absolute Gasteiger partial charge is 0.302 e. The second-order valence-corrected chi connectivity index (χ2v) is 7.19. The van der Waals surface area contributed by atoms with E-state index in [9.17, 15) is 4.39 Å². The average molecular weight is 325 g/mol. The molecule has 0 saturated heterocycles. The Hall–Kier alpha value is -0.970. The standard InChI is InChI=1S/C16H18ClFN2S/c1-9(2)19-15(14-10(17)5-3-6-11(14)18)16-20-12-7-4-8-13(12)21-16/h3,5-6,9,15,19H,4,7-8H2,1-2H3. The molecule has 1 aromatic carbocycles. The fourth-order valence-electron chi connectivity index (χ4n) is 2.73. The first kappa shape index (κ1) is 14.9. The number of aryl methyl sites for hydroxylation is 2. The fourth-order valence-corrected chi connectivity index (χ4v) is 4.23. The van der Waals surface area contributed by atoms with Crippen LogP contribution in [0.2, 0.25) is 5.02 Å². The van der Waals surface area contributed by atoms with Gasteiger partial charge in [-0.25, -0.2) is 9.37 Å². The summed E-state index contributed by atoms with van der Waals surface area (Å²) in [7, 11) is 0. The van der Waals surface area contributed by atoms with E-state index in [4.69, 9.17) is 16.6 Å². The third kappa shape index (κ3) is 2.98. The summed E-state index contributed by atoms with van der Waals surface area (Å²) in [6, 6.07) is 4.75. The van der Waals surface area contributed by atoms with Gasteiger partial charge in [0.1, 0.15) is 10.8 Å². The lowest BCUT2D eigenvalue weighted by Gasteiger charge is -2.21. The van der Waals surface area contributed by atoms with E-state index in [0.717, 1.165) is 17.8 Å². The molecule has 21 heavy (non-hydrogen) atoms. The lowest BCUT2D eigenvalue weighted by atomic mass is 10.1. The molecule has 0 spiro atoms. The molecule has 1 aromatic heterocycles. The predicted molar refractivity (Wildman–Crippen MR) is 85.7 cm³/mol. The molecule has 1 aliphatic carbocycles. The average Bonchev–Trinajstić information content (AvgIpc) is 2.97. The number of benzene rings is 1. The van der Waals surface area contributed by atoms with E-state index in [2.05, 4.69) is 5.32 Å². The van der Waals surface area contributed by atoms with E-state index in [1.54, 1.807) is 23.5 Å². The van der Waals surface area contributed by atoms with Crippen molar-refractivity contribution in [1.82, 2.24) is 10.3 Å². The van der Waals surface area contributed by atoms with Crippen LogP contribution in [0.5, 0.6) is 0 Å². The normalized spacial score (nSPS) is 15.5. The van der Waals surface area contributed by atoms with Crippen molar-refractivity contribution in [1.29, 1.82) is 0 Å². The molecule has 0 aliphatic heterocycles. The highest BCUT2D eigenvalue weighted by atomic mass is 35.5. The van der Waals surface area contributed by atoms with Crippen molar-refractivity contribution in [3.05, 3.63) is 50.2 Å². The summed E-state index contributed by atoms with van der Waals surface area (Å²) in [6.45, 7) is 4.09. The lowest BCUT2D eigenvalue weighted by Crippen LogP contribution is -2.29. The maximum absolute atomic E-state index is 14.3. The van der Waals surface area contributed by atoms with Crippen molar-refractivity contribution in [2.75, 3.05) is 0 Å². The summed E-state index contributed by atoms with van der Waals surface area (Å²) in [6.07, 6.45) is 3.30. The molecular formula is C16H18ClFN2S. The Balaban J connectivity index is 2.05. The molecule has 0 fully saturated rings. The van der Waals surface area contributed by atoms with Crippen LogP contribution in [0.1, 0.15) is 47.5 Å². The zero-order valence-electron chi connectivity index (χ0n) is 12.1. The topological polar surface area (TPSA) is 24.9 Å². The van der Waals surface area contributed by atoms with Crippen molar-refractivity contribution in [2.24, 2.45) is 0 Å². The molecule has 1 heterocycles. The Labute approximate surface area is 133 Å². The van der Waals surface area contributed by atoms with Crippen LogP contribution in [0.4, 0.5) is 4.39 Å². The number of halogens is 2. The van der Waals surface area contributed by atoms with Crippen molar-refractivity contribution in [3.8, 4) is 0 Å². The van der Waals surface area contributed by atoms with E-state index in [0.29, 0.717) is 10.6 Å². The first-order valence-electron chi connectivity index (χ1n) is 7.24. The summed E-state index contributed by atoms with van der Waals surface area (Å²) in [5.41, 5.74) is 1.68. The van der Waals surface area contributed by atoms with Crippen LogP contribution in [0.3, 0.4) is 0 Å². The molecule has 0 saturated carbocycles. The maximum atomic E-state index is 14.3. The van der Waals surface area contributed by atoms with Crippen LogP contribution < -0.4 is 5.32 Å². The van der Waals surface area contributed by atoms with Gasteiger partial charge in [0.15, 0.2) is 0 Å². The Morgan fingerprint density at radius 2 is 2.14 bits per heavy atom. The number of aromatic nitrogens is 1. The van der Waals surface area contributed by atoms with Gasteiger partial charge in [0.2, 0.25) is 0 Å². The predicted octanol–water partition coefficient (Wildman–Crippen LogP) is 4.51. The SMILES string of the molecule is CC(C)NC(c1nc2c(s1)CCC2)c1c(F)cccc1Cl. The smallest absolute Gasteiger partial charge is 0.129 e. The van der Waals surface area contributed by atoms with Gasteiger partial charge < -0.3 is 5.32 Å². The molecule has 1 unspecified atom stereocenters. The third-order valence-corrected chi connectivity index (χ3v) is 5.20. The van der Waals surface area contributed by atoms with Gasteiger partial charge in [-0.2, -0.15) is 0 Å². The quantitative estimate of drug-likeness (QED) is 0.895. The van der Waals surface area contributed by atoms with Crippen molar-refractivity contribution in [3.63, 3.8) is 0 Å². The monoisotopic (exact) mass is 324 g/mol. The highest BCUT2D eigenvalue weighted by Crippen LogP contribution is 2.36. The molecule has 2 nitrogen and oxygen atoms in total. The van der Waals surface area contributed by atoms with Crippen molar-refractivity contribution in [2.45, 2.75) is 45.2 Å². The van der Waals surface area contributed by atoms with Gasteiger partial charge in [0.25, 0.3) is 0 Å². The summed E-state index contributed by atoms with van der Waals surface area (Å²) in [5, 5.41) is 4.77. The number of thiazole rings is 1. The zero-order chi connectivity index (χ0) is 15.0. The Kier molecular flexibility index (Phi) is 4.29. The lowest BCUT2D eigenvalue weighted by molar-refractivity contribution is 0.501. The molecule has 1 atom stereocenters. The first-order chi connectivity index (χ1) is 10.1. The zero-order valence-corrected chi connectivity index (χ0v) is 13.7. The number of hydrogen-bond donors (Lipinski definition) is 1. The van der Waals surface area contributed by atoms with Crippen LogP contribution >= 0.6 is 22.9 Å². The number of rotatable bonds is 4. The van der Waals surface area contributed by atoms with Crippen LogP contribution in [-0.4, -0.2) is 11.0 Å². The maximum Gasteiger partial charge on any atom is 0.129 e. The Bertz CT molecular complexity index is 612. The van der Waals surface area contributed by atoms with E-state index in [1.165, 1.54) is 23.1 Å². The van der Waals surface area contributed by atoms with Gasteiger partial charge in [0, 0.05) is 21.5 Å².